The maximum atomic E-state index is 13.4. The van der Waals surface area contributed by atoms with E-state index in [4.69, 9.17) is 26.3 Å². The van der Waals surface area contributed by atoms with Gasteiger partial charge in [-0.2, -0.15) is 10.5 Å². The first kappa shape index (κ1) is 16.1. The summed E-state index contributed by atoms with van der Waals surface area (Å²) in [7, 11) is 0. The van der Waals surface area contributed by atoms with E-state index in [1.807, 2.05) is 13.0 Å². The van der Waals surface area contributed by atoms with E-state index in [9.17, 15) is 10.1 Å². The average Bonchev–Trinajstić information content (AvgIpc) is 3.18. The molecule has 5 rings (SSSR count). The van der Waals surface area contributed by atoms with Crippen LogP contribution in [0.2, 0.25) is 5.02 Å². The maximum Gasteiger partial charge on any atom is 0.235 e. The van der Waals surface area contributed by atoms with Crippen LogP contribution in [-0.2, 0) is 14.3 Å². The highest BCUT2D eigenvalue weighted by atomic mass is 35.5. The molecule has 0 N–H and O–H groups in total. The first-order valence-corrected chi connectivity index (χ1v) is 9.07. The van der Waals surface area contributed by atoms with Crippen LogP contribution in [0.1, 0.15) is 25.3 Å². The number of benzene rings is 1. The number of amides is 1. The summed E-state index contributed by atoms with van der Waals surface area (Å²) in [6, 6.07) is 9.41. The van der Waals surface area contributed by atoms with Crippen LogP contribution >= 0.6 is 11.6 Å². The van der Waals surface area contributed by atoms with Crippen LogP contribution in [0.5, 0.6) is 0 Å². The molecule has 0 unspecified atom stereocenters. The van der Waals surface area contributed by atoms with Gasteiger partial charge in [0.1, 0.15) is 12.3 Å². The van der Waals surface area contributed by atoms with E-state index in [-0.39, 0.29) is 23.7 Å². The fourth-order valence-electron chi connectivity index (χ4n) is 5.62. The predicted molar refractivity (Wildman–Crippen MR) is 90.9 cm³/mol. The molecule has 0 radical (unpaired) electrons. The number of ether oxygens (including phenoxy) is 2. The molecule has 4 aliphatic heterocycles. The molecule has 1 spiro atoms. The van der Waals surface area contributed by atoms with E-state index in [0.717, 1.165) is 0 Å². The van der Waals surface area contributed by atoms with Gasteiger partial charge in [0.05, 0.1) is 46.3 Å². The van der Waals surface area contributed by atoms with E-state index in [1.165, 1.54) is 0 Å². The summed E-state index contributed by atoms with van der Waals surface area (Å²) >= 11 is 6.18. The Balaban J connectivity index is 1.63. The Morgan fingerprint density at radius 2 is 2.19 bits per heavy atom. The minimum atomic E-state index is -0.640. The highest BCUT2D eigenvalue weighted by Crippen LogP contribution is 2.67. The second-order valence-corrected chi connectivity index (χ2v) is 8.16. The number of fused-ring (bicyclic) bond motifs is 2. The number of hydrogen-bond acceptors (Lipinski definition) is 5. The van der Waals surface area contributed by atoms with Crippen molar-refractivity contribution >= 4 is 23.2 Å². The Morgan fingerprint density at radius 1 is 1.38 bits per heavy atom. The van der Waals surface area contributed by atoms with Crippen LogP contribution in [0, 0.1) is 40.4 Å². The molecule has 4 fully saturated rings. The number of carbonyl (C=O) groups excluding carboxylic acids is 1. The summed E-state index contributed by atoms with van der Waals surface area (Å²) < 4.78 is 12.4. The molecule has 6 atom stereocenters. The molecule has 0 aliphatic carbocycles. The quantitative estimate of drug-likeness (QED) is 0.759. The van der Waals surface area contributed by atoms with Crippen molar-refractivity contribution in [3.05, 3.63) is 28.8 Å². The summed E-state index contributed by atoms with van der Waals surface area (Å²) in [6.45, 7) is 2.38. The van der Waals surface area contributed by atoms with Gasteiger partial charge in [0, 0.05) is 18.0 Å². The molecule has 4 saturated heterocycles. The van der Waals surface area contributed by atoms with Gasteiger partial charge >= 0.3 is 0 Å². The Labute approximate surface area is 155 Å². The minimum Gasteiger partial charge on any atom is -0.366 e. The van der Waals surface area contributed by atoms with Crippen molar-refractivity contribution in [3.8, 4) is 12.1 Å². The van der Waals surface area contributed by atoms with Crippen molar-refractivity contribution in [3.63, 3.8) is 0 Å². The van der Waals surface area contributed by atoms with Gasteiger partial charge < -0.3 is 9.47 Å². The number of nitrogens with zero attached hydrogens (tertiary/aromatic N) is 3. The van der Waals surface area contributed by atoms with Crippen molar-refractivity contribution in [1.82, 2.24) is 0 Å². The lowest BCUT2D eigenvalue weighted by Gasteiger charge is -2.43. The molecule has 4 aliphatic rings. The third-order valence-corrected chi connectivity index (χ3v) is 6.87. The zero-order valence-corrected chi connectivity index (χ0v) is 14.9. The van der Waals surface area contributed by atoms with Gasteiger partial charge in [-0.3, -0.25) is 9.69 Å². The monoisotopic (exact) mass is 369 g/mol. The Morgan fingerprint density at radius 3 is 2.88 bits per heavy atom. The van der Waals surface area contributed by atoms with Crippen molar-refractivity contribution in [1.29, 1.82) is 10.5 Å². The fraction of sp³-hybridized carbons (Fsp3) is 0.526. The number of anilines is 1. The highest BCUT2D eigenvalue weighted by Gasteiger charge is 2.78. The van der Waals surface area contributed by atoms with Crippen molar-refractivity contribution < 1.29 is 14.3 Å². The van der Waals surface area contributed by atoms with E-state index in [2.05, 4.69) is 6.07 Å². The molecular weight excluding hydrogens is 354 g/mol. The van der Waals surface area contributed by atoms with E-state index in [1.54, 1.807) is 23.1 Å². The summed E-state index contributed by atoms with van der Waals surface area (Å²) in [4.78, 5) is 15.0. The average molecular weight is 370 g/mol. The van der Waals surface area contributed by atoms with Gasteiger partial charge in [0.25, 0.3) is 0 Å². The van der Waals surface area contributed by atoms with Gasteiger partial charge in [-0.25, -0.2) is 0 Å². The molecule has 7 heteroatoms. The number of hydrogen-bond donors (Lipinski definition) is 0. The Hall–Kier alpha value is -2.12. The molecule has 0 aromatic heterocycles. The summed E-state index contributed by atoms with van der Waals surface area (Å²) in [6.07, 6.45) is 0.738. The number of nitriles is 2. The molecule has 1 aromatic carbocycles. The van der Waals surface area contributed by atoms with Gasteiger partial charge in [0.2, 0.25) is 5.91 Å². The molecule has 132 valence electrons. The maximum absolute atomic E-state index is 13.4. The van der Waals surface area contributed by atoms with Gasteiger partial charge in [-0.1, -0.05) is 11.6 Å². The molecule has 2 bridgehead atoms. The lowest BCUT2D eigenvalue weighted by atomic mass is 9.61. The first-order valence-electron chi connectivity index (χ1n) is 8.69. The zero-order chi connectivity index (χ0) is 18.3. The second-order valence-electron chi connectivity index (χ2n) is 7.75. The molecule has 1 amide bonds. The topological polar surface area (TPSA) is 86.4 Å². The van der Waals surface area contributed by atoms with Crippen molar-refractivity contribution in [2.75, 3.05) is 11.5 Å². The standard InChI is InChI=1S/C19H16ClN3O3/c1-18-7-11(9-22)19(26-18)4-5-25-17-15(19)14(18)16(24)23(17)12-3-2-10(8-21)13(20)6-12/h2-3,6,11,14-15,17H,4-5,7H2,1H3/t11-,14-,15+,17+,18-,19+/m1/s1. The molecule has 1 aromatic rings. The first-order chi connectivity index (χ1) is 12.4. The molecule has 0 saturated carbocycles. The van der Waals surface area contributed by atoms with E-state index < -0.39 is 17.4 Å². The highest BCUT2D eigenvalue weighted by molar-refractivity contribution is 6.32. The third-order valence-electron chi connectivity index (χ3n) is 6.56. The van der Waals surface area contributed by atoms with Crippen LogP contribution in [-0.4, -0.2) is 29.9 Å². The van der Waals surface area contributed by atoms with Gasteiger partial charge in [-0.05, 0) is 31.5 Å². The van der Waals surface area contributed by atoms with Gasteiger partial charge in [-0.15, -0.1) is 0 Å². The van der Waals surface area contributed by atoms with Crippen LogP contribution in [0.3, 0.4) is 0 Å². The number of halogens is 1. The Kier molecular flexibility index (Phi) is 3.08. The number of carbonyl (C=O) groups is 1. The third kappa shape index (κ3) is 1.70. The lowest BCUT2D eigenvalue weighted by Crippen LogP contribution is -2.54. The van der Waals surface area contributed by atoms with Crippen LogP contribution in [0.25, 0.3) is 0 Å². The molecule has 4 heterocycles. The summed E-state index contributed by atoms with van der Waals surface area (Å²) in [5, 5.41) is 19.0. The van der Waals surface area contributed by atoms with Crippen molar-refractivity contribution in [2.45, 2.75) is 37.2 Å². The smallest absolute Gasteiger partial charge is 0.235 e. The van der Waals surface area contributed by atoms with Crippen molar-refractivity contribution in [2.24, 2.45) is 17.8 Å². The van der Waals surface area contributed by atoms with Crippen LogP contribution in [0.15, 0.2) is 18.2 Å². The largest absolute Gasteiger partial charge is 0.366 e. The molecular formula is C19H16ClN3O3. The molecule has 6 nitrogen and oxygen atoms in total. The summed E-state index contributed by atoms with van der Waals surface area (Å²) in [5.74, 6) is -0.769. The predicted octanol–water partition coefficient (Wildman–Crippen LogP) is 2.61. The van der Waals surface area contributed by atoms with E-state index >= 15 is 0 Å². The second kappa shape index (κ2) is 4.98. The lowest BCUT2D eigenvalue weighted by molar-refractivity contribution is -0.145. The zero-order valence-electron chi connectivity index (χ0n) is 14.1. The SMILES string of the molecule is C[C@@]12C[C@H](C#N)[C@]3(CCO[C@H]4[C@@H]3[C@@H]1C(=O)N4c1ccc(C#N)c(Cl)c1)O2. The number of rotatable bonds is 1. The Bertz CT molecular complexity index is 922. The normalized spacial score (nSPS) is 42.5. The van der Waals surface area contributed by atoms with E-state index in [0.29, 0.717) is 35.7 Å². The minimum absolute atomic E-state index is 0.0524. The molecule has 26 heavy (non-hydrogen) atoms. The van der Waals surface area contributed by atoms with Crippen LogP contribution in [0.4, 0.5) is 5.69 Å². The van der Waals surface area contributed by atoms with Crippen LogP contribution < -0.4 is 4.90 Å². The fourth-order valence-corrected chi connectivity index (χ4v) is 5.83. The summed E-state index contributed by atoms with van der Waals surface area (Å²) in [5.41, 5.74) is -0.271. The van der Waals surface area contributed by atoms with Gasteiger partial charge in [0.15, 0.2) is 0 Å².